The maximum absolute atomic E-state index is 6.27. The molecule has 2 rings (SSSR count). The monoisotopic (exact) mass is 301 g/mol. The van der Waals surface area contributed by atoms with Crippen LogP contribution in [0, 0.1) is 5.41 Å². The molecule has 106 valence electrons. The molecule has 2 nitrogen and oxygen atoms in total. The molecular weight excluding hydrogens is 281 g/mol. The van der Waals surface area contributed by atoms with E-state index in [1.54, 1.807) is 6.07 Å². The Bertz CT molecular complexity index is 442. The summed E-state index contributed by atoms with van der Waals surface area (Å²) < 4.78 is 5.94. The van der Waals surface area contributed by atoms with Gasteiger partial charge >= 0.3 is 0 Å². The predicted octanol–water partition coefficient (Wildman–Crippen LogP) is 4.46. The molecule has 1 aromatic rings. The molecular formula is C15H21Cl2NO. The van der Waals surface area contributed by atoms with Crippen LogP contribution in [0.2, 0.25) is 10.0 Å². The molecule has 2 atom stereocenters. The van der Waals surface area contributed by atoms with Gasteiger partial charge in [-0.2, -0.15) is 0 Å². The first kappa shape index (κ1) is 15.1. The average molecular weight is 302 g/mol. The summed E-state index contributed by atoms with van der Waals surface area (Å²) >= 11 is 12.3. The summed E-state index contributed by atoms with van der Waals surface area (Å²) in [6, 6.07) is 6.16. The molecule has 0 amide bonds. The Morgan fingerprint density at radius 3 is 2.68 bits per heavy atom. The van der Waals surface area contributed by atoms with Crippen molar-refractivity contribution in [1.29, 1.82) is 0 Å². The highest BCUT2D eigenvalue weighted by Crippen LogP contribution is 2.33. The van der Waals surface area contributed by atoms with Gasteiger partial charge in [0.25, 0.3) is 0 Å². The van der Waals surface area contributed by atoms with Gasteiger partial charge in [0, 0.05) is 24.8 Å². The first-order valence-corrected chi connectivity index (χ1v) is 7.44. The SMILES string of the molecule is CC(C)(C)C1CCOC(c2cccc(Cl)c2Cl)CN1. The zero-order chi connectivity index (χ0) is 14.0. The first-order valence-electron chi connectivity index (χ1n) is 6.68. The predicted molar refractivity (Wildman–Crippen MR) is 81.0 cm³/mol. The summed E-state index contributed by atoms with van der Waals surface area (Å²) in [5.41, 5.74) is 1.20. The van der Waals surface area contributed by atoms with Crippen molar-refractivity contribution in [3.63, 3.8) is 0 Å². The number of nitrogens with one attached hydrogen (secondary N) is 1. The Morgan fingerprint density at radius 1 is 1.26 bits per heavy atom. The van der Waals surface area contributed by atoms with Gasteiger partial charge in [-0.15, -0.1) is 0 Å². The summed E-state index contributed by atoms with van der Waals surface area (Å²) in [7, 11) is 0. The molecule has 19 heavy (non-hydrogen) atoms. The standard InChI is InChI=1S/C15H21Cl2NO/c1-15(2,3)13-7-8-19-12(9-18-13)10-5-4-6-11(16)14(10)17/h4-6,12-13,18H,7-9H2,1-3H3. The van der Waals surface area contributed by atoms with Crippen molar-refractivity contribution in [3.05, 3.63) is 33.8 Å². The third-order valence-corrected chi connectivity index (χ3v) is 4.48. The van der Waals surface area contributed by atoms with Crippen LogP contribution in [0.25, 0.3) is 0 Å². The van der Waals surface area contributed by atoms with Gasteiger partial charge in [-0.05, 0) is 17.9 Å². The zero-order valence-electron chi connectivity index (χ0n) is 11.7. The van der Waals surface area contributed by atoms with Crippen molar-refractivity contribution in [3.8, 4) is 0 Å². The maximum Gasteiger partial charge on any atom is 0.0964 e. The van der Waals surface area contributed by atoms with E-state index in [2.05, 4.69) is 26.1 Å². The van der Waals surface area contributed by atoms with Crippen molar-refractivity contribution >= 4 is 23.2 Å². The molecule has 0 aromatic heterocycles. The smallest absolute Gasteiger partial charge is 0.0964 e. The Balaban J connectivity index is 2.13. The van der Waals surface area contributed by atoms with Gasteiger partial charge in [-0.1, -0.05) is 56.1 Å². The van der Waals surface area contributed by atoms with Crippen LogP contribution in [-0.2, 0) is 4.74 Å². The van der Waals surface area contributed by atoms with E-state index in [-0.39, 0.29) is 11.5 Å². The second kappa shape index (κ2) is 6.01. The van der Waals surface area contributed by atoms with E-state index in [0.717, 1.165) is 25.1 Å². The lowest BCUT2D eigenvalue weighted by Gasteiger charge is -2.30. The van der Waals surface area contributed by atoms with Gasteiger partial charge in [-0.3, -0.25) is 0 Å². The fraction of sp³-hybridized carbons (Fsp3) is 0.600. The average Bonchev–Trinajstić information content (AvgIpc) is 2.57. The molecule has 0 bridgehead atoms. The van der Waals surface area contributed by atoms with Crippen LogP contribution in [0.5, 0.6) is 0 Å². The molecule has 0 aliphatic carbocycles. The van der Waals surface area contributed by atoms with Crippen LogP contribution in [0.3, 0.4) is 0 Å². The fourth-order valence-electron chi connectivity index (χ4n) is 2.45. The van der Waals surface area contributed by atoms with Gasteiger partial charge in [0.05, 0.1) is 16.1 Å². The van der Waals surface area contributed by atoms with Crippen LogP contribution < -0.4 is 5.32 Å². The van der Waals surface area contributed by atoms with Gasteiger partial charge in [-0.25, -0.2) is 0 Å². The third-order valence-electron chi connectivity index (χ3n) is 3.65. The summed E-state index contributed by atoms with van der Waals surface area (Å²) in [5, 5.41) is 4.77. The fourth-order valence-corrected chi connectivity index (χ4v) is 2.88. The van der Waals surface area contributed by atoms with Gasteiger partial charge < -0.3 is 10.1 Å². The lowest BCUT2D eigenvalue weighted by Crippen LogP contribution is -2.40. The minimum absolute atomic E-state index is 0.0291. The van der Waals surface area contributed by atoms with Crippen LogP contribution >= 0.6 is 23.2 Å². The van der Waals surface area contributed by atoms with Crippen molar-refractivity contribution in [1.82, 2.24) is 5.32 Å². The second-order valence-electron chi connectivity index (χ2n) is 6.12. The summed E-state index contributed by atoms with van der Waals surface area (Å²) in [5.74, 6) is 0. The van der Waals surface area contributed by atoms with Gasteiger partial charge in [0.15, 0.2) is 0 Å². The van der Waals surface area contributed by atoms with Crippen molar-refractivity contribution < 1.29 is 4.74 Å². The molecule has 2 unspecified atom stereocenters. The first-order chi connectivity index (χ1) is 8.89. The molecule has 0 saturated carbocycles. The van der Waals surface area contributed by atoms with E-state index < -0.39 is 0 Å². The van der Waals surface area contributed by atoms with Crippen LogP contribution in [0.15, 0.2) is 18.2 Å². The largest absolute Gasteiger partial charge is 0.372 e. The molecule has 0 radical (unpaired) electrons. The Labute approximate surface area is 125 Å². The summed E-state index contributed by atoms with van der Waals surface area (Å²) in [6.07, 6.45) is 0.983. The Hall–Kier alpha value is -0.280. The van der Waals surface area contributed by atoms with Crippen molar-refractivity contribution in [2.24, 2.45) is 5.41 Å². The normalized spacial score (nSPS) is 25.1. The van der Waals surface area contributed by atoms with Gasteiger partial charge in [0.1, 0.15) is 0 Å². The summed E-state index contributed by atoms with van der Waals surface area (Å²) in [4.78, 5) is 0. The lowest BCUT2D eigenvalue weighted by atomic mass is 9.85. The number of halogens is 2. The van der Waals surface area contributed by atoms with Crippen LogP contribution in [0.1, 0.15) is 38.9 Å². The number of hydrogen-bond acceptors (Lipinski definition) is 2. The number of ether oxygens (including phenoxy) is 1. The maximum atomic E-state index is 6.27. The van der Waals surface area contributed by atoms with Crippen LogP contribution in [-0.4, -0.2) is 19.2 Å². The Kier molecular flexibility index (Phi) is 4.78. The molecule has 1 aliphatic rings. The highest BCUT2D eigenvalue weighted by Gasteiger charge is 2.29. The molecule has 4 heteroatoms. The van der Waals surface area contributed by atoms with Gasteiger partial charge in [0.2, 0.25) is 0 Å². The van der Waals surface area contributed by atoms with E-state index in [0.29, 0.717) is 16.1 Å². The quantitative estimate of drug-likeness (QED) is 0.827. The number of rotatable bonds is 1. The zero-order valence-corrected chi connectivity index (χ0v) is 13.2. The molecule has 1 saturated heterocycles. The minimum Gasteiger partial charge on any atom is -0.372 e. The highest BCUT2D eigenvalue weighted by atomic mass is 35.5. The lowest BCUT2D eigenvalue weighted by molar-refractivity contribution is 0.0654. The minimum atomic E-state index is -0.0291. The number of benzene rings is 1. The molecule has 1 N–H and O–H groups in total. The topological polar surface area (TPSA) is 21.3 Å². The van der Waals surface area contributed by atoms with E-state index in [9.17, 15) is 0 Å². The van der Waals surface area contributed by atoms with Crippen LogP contribution in [0.4, 0.5) is 0 Å². The highest BCUT2D eigenvalue weighted by molar-refractivity contribution is 6.42. The van der Waals surface area contributed by atoms with E-state index in [4.69, 9.17) is 27.9 Å². The molecule has 0 spiro atoms. The molecule has 1 fully saturated rings. The molecule has 1 aromatic carbocycles. The summed E-state index contributed by atoms with van der Waals surface area (Å²) in [6.45, 7) is 8.25. The number of hydrogen-bond donors (Lipinski definition) is 1. The van der Waals surface area contributed by atoms with E-state index in [1.165, 1.54) is 0 Å². The molecule has 1 aliphatic heterocycles. The Morgan fingerprint density at radius 2 is 2.00 bits per heavy atom. The van der Waals surface area contributed by atoms with E-state index in [1.807, 2.05) is 12.1 Å². The second-order valence-corrected chi connectivity index (χ2v) is 6.90. The van der Waals surface area contributed by atoms with E-state index >= 15 is 0 Å². The van der Waals surface area contributed by atoms with Crippen molar-refractivity contribution in [2.45, 2.75) is 39.3 Å². The van der Waals surface area contributed by atoms with Crippen molar-refractivity contribution in [2.75, 3.05) is 13.2 Å². The molecule has 1 heterocycles. The third kappa shape index (κ3) is 3.63.